The van der Waals surface area contributed by atoms with E-state index >= 15 is 0 Å². The van der Waals surface area contributed by atoms with Crippen LogP contribution in [-0.2, 0) is 9.53 Å². The van der Waals surface area contributed by atoms with Gasteiger partial charge >= 0.3 is 5.97 Å². The van der Waals surface area contributed by atoms with Crippen molar-refractivity contribution < 1.29 is 9.53 Å². The molecular weight excluding hydrogens is 597 g/mol. The molecule has 2 heteroatoms. The Morgan fingerprint density at radius 2 is 0.714 bits per heavy atom. The summed E-state index contributed by atoms with van der Waals surface area (Å²) < 4.78 is 5.45. The first-order chi connectivity index (χ1) is 24.2. The summed E-state index contributed by atoms with van der Waals surface area (Å²) in [6.45, 7) is 7.57. The Hall–Kier alpha value is -0.790. The predicted octanol–water partition coefficient (Wildman–Crippen LogP) is 17.0. The highest BCUT2D eigenvalue weighted by atomic mass is 16.5. The Balaban J connectivity index is 3.13. The van der Waals surface area contributed by atoms with E-state index in [1.807, 2.05) is 0 Å². The fourth-order valence-corrected chi connectivity index (χ4v) is 7.13. The van der Waals surface area contributed by atoms with Gasteiger partial charge in [-0.05, 0) is 38.0 Å². The average Bonchev–Trinajstić information content (AvgIpc) is 3.09. The van der Waals surface area contributed by atoms with E-state index in [4.69, 9.17) is 4.74 Å². The Morgan fingerprint density at radius 3 is 1.08 bits per heavy atom. The summed E-state index contributed by atoms with van der Waals surface area (Å²) in [7, 11) is 0. The number of esters is 1. The van der Waals surface area contributed by atoms with Gasteiger partial charge in [0.1, 0.15) is 0 Å². The summed E-state index contributed by atoms with van der Waals surface area (Å²) in [6, 6.07) is 0. The SMILES string of the molecule is CCCC/C=C\CCCCCCCC(=O)OCCCCCCCCCCCCCCCCCCCCCCCCCCCCCCC(C)C. The lowest BCUT2D eigenvalue weighted by molar-refractivity contribution is -0.143. The smallest absolute Gasteiger partial charge is 0.305 e. The van der Waals surface area contributed by atoms with E-state index in [-0.39, 0.29) is 5.97 Å². The maximum atomic E-state index is 11.9. The molecule has 0 aromatic heterocycles. The maximum Gasteiger partial charge on any atom is 0.305 e. The molecule has 0 rings (SSSR count). The van der Waals surface area contributed by atoms with Crippen molar-refractivity contribution in [2.75, 3.05) is 6.61 Å². The molecule has 0 aromatic carbocycles. The molecular formula is C47H92O2. The number of ether oxygens (including phenoxy) is 1. The zero-order valence-electron chi connectivity index (χ0n) is 34.3. The molecule has 0 saturated carbocycles. The molecule has 0 unspecified atom stereocenters. The summed E-state index contributed by atoms with van der Waals surface area (Å²) in [5.41, 5.74) is 0. The largest absolute Gasteiger partial charge is 0.466 e. The average molecular weight is 689 g/mol. The van der Waals surface area contributed by atoms with Crippen LogP contribution in [0.3, 0.4) is 0 Å². The van der Waals surface area contributed by atoms with Gasteiger partial charge in [-0.3, -0.25) is 4.79 Å². The molecule has 0 aliphatic heterocycles. The van der Waals surface area contributed by atoms with E-state index in [0.29, 0.717) is 13.0 Å². The summed E-state index contributed by atoms with van der Waals surface area (Å²) in [5, 5.41) is 0. The molecule has 0 aliphatic rings. The van der Waals surface area contributed by atoms with Crippen molar-refractivity contribution in [1.82, 2.24) is 0 Å². The zero-order chi connectivity index (χ0) is 35.6. The van der Waals surface area contributed by atoms with Crippen LogP contribution in [0.2, 0.25) is 0 Å². The number of carbonyl (C=O) groups is 1. The van der Waals surface area contributed by atoms with Crippen molar-refractivity contribution in [1.29, 1.82) is 0 Å². The van der Waals surface area contributed by atoms with Gasteiger partial charge in [0.05, 0.1) is 6.61 Å². The minimum Gasteiger partial charge on any atom is -0.466 e. The van der Waals surface area contributed by atoms with Gasteiger partial charge in [0.25, 0.3) is 0 Å². The van der Waals surface area contributed by atoms with Gasteiger partial charge in [-0.2, -0.15) is 0 Å². The van der Waals surface area contributed by atoms with Crippen LogP contribution >= 0.6 is 0 Å². The van der Waals surface area contributed by atoms with Crippen LogP contribution < -0.4 is 0 Å². The molecule has 0 N–H and O–H groups in total. The van der Waals surface area contributed by atoms with Crippen molar-refractivity contribution in [2.45, 2.75) is 271 Å². The standard InChI is InChI=1S/C47H92O2/c1-4-5-6-7-8-9-28-32-35-38-41-44-47(48)49-45-42-39-36-33-30-27-25-23-21-19-17-15-13-11-10-12-14-16-18-20-22-24-26-29-31-34-37-40-43-46(2)3/h7-8,46H,4-6,9-45H2,1-3H3/b8-7-. The van der Waals surface area contributed by atoms with E-state index in [1.165, 1.54) is 225 Å². The third-order valence-corrected chi connectivity index (χ3v) is 10.6. The van der Waals surface area contributed by atoms with E-state index in [0.717, 1.165) is 25.2 Å². The highest BCUT2D eigenvalue weighted by molar-refractivity contribution is 5.69. The molecule has 0 aromatic rings. The molecule has 0 amide bonds. The molecule has 0 radical (unpaired) electrons. The number of rotatable bonds is 42. The molecule has 292 valence electrons. The van der Waals surface area contributed by atoms with Crippen LogP contribution in [0.25, 0.3) is 0 Å². The lowest BCUT2D eigenvalue weighted by Crippen LogP contribution is -2.05. The van der Waals surface area contributed by atoms with Crippen LogP contribution in [0, 0.1) is 5.92 Å². The Bertz CT molecular complexity index is 638. The zero-order valence-corrected chi connectivity index (χ0v) is 34.3. The third-order valence-electron chi connectivity index (χ3n) is 10.6. The second kappa shape index (κ2) is 43.4. The monoisotopic (exact) mass is 689 g/mol. The van der Waals surface area contributed by atoms with Gasteiger partial charge in [0.15, 0.2) is 0 Å². The Morgan fingerprint density at radius 1 is 0.408 bits per heavy atom. The van der Waals surface area contributed by atoms with Crippen LogP contribution in [0.5, 0.6) is 0 Å². The molecule has 0 spiro atoms. The maximum absolute atomic E-state index is 11.9. The molecule has 49 heavy (non-hydrogen) atoms. The van der Waals surface area contributed by atoms with Crippen molar-refractivity contribution in [2.24, 2.45) is 5.92 Å². The van der Waals surface area contributed by atoms with E-state index in [9.17, 15) is 4.79 Å². The molecule has 0 aliphatic carbocycles. The van der Waals surface area contributed by atoms with Crippen molar-refractivity contribution in [3.05, 3.63) is 12.2 Å². The fraction of sp³-hybridized carbons (Fsp3) is 0.936. The van der Waals surface area contributed by atoms with Crippen molar-refractivity contribution in [3.63, 3.8) is 0 Å². The Kier molecular flexibility index (Phi) is 42.7. The van der Waals surface area contributed by atoms with E-state index < -0.39 is 0 Å². The predicted molar refractivity (Wildman–Crippen MR) is 221 cm³/mol. The molecule has 2 nitrogen and oxygen atoms in total. The van der Waals surface area contributed by atoms with E-state index in [2.05, 4.69) is 32.9 Å². The molecule has 0 heterocycles. The van der Waals surface area contributed by atoms with Crippen molar-refractivity contribution >= 4 is 5.97 Å². The summed E-state index contributed by atoms with van der Waals surface area (Å²) in [6.07, 6.45) is 57.6. The highest BCUT2D eigenvalue weighted by Gasteiger charge is 2.03. The molecule has 0 fully saturated rings. The number of unbranched alkanes of at least 4 members (excludes halogenated alkanes) is 34. The van der Waals surface area contributed by atoms with Gasteiger partial charge < -0.3 is 4.74 Å². The van der Waals surface area contributed by atoms with Gasteiger partial charge in [-0.1, -0.05) is 245 Å². The van der Waals surface area contributed by atoms with Crippen LogP contribution in [-0.4, -0.2) is 12.6 Å². The summed E-state index contributed by atoms with van der Waals surface area (Å²) >= 11 is 0. The normalized spacial score (nSPS) is 11.8. The number of allylic oxidation sites excluding steroid dienone is 2. The second-order valence-electron chi connectivity index (χ2n) is 16.2. The third kappa shape index (κ3) is 45.2. The van der Waals surface area contributed by atoms with Gasteiger partial charge in [-0.15, -0.1) is 0 Å². The minimum absolute atomic E-state index is 0.0177. The topological polar surface area (TPSA) is 26.3 Å². The van der Waals surface area contributed by atoms with Crippen LogP contribution in [0.4, 0.5) is 0 Å². The second-order valence-corrected chi connectivity index (χ2v) is 16.2. The lowest BCUT2D eigenvalue weighted by atomic mass is 10.0. The van der Waals surface area contributed by atoms with Gasteiger partial charge in [0.2, 0.25) is 0 Å². The number of hydrogen-bond donors (Lipinski definition) is 0. The quantitative estimate of drug-likeness (QED) is 0.0362. The van der Waals surface area contributed by atoms with Crippen LogP contribution in [0.15, 0.2) is 12.2 Å². The first kappa shape index (κ1) is 48.2. The van der Waals surface area contributed by atoms with E-state index in [1.54, 1.807) is 0 Å². The molecule has 0 atom stereocenters. The van der Waals surface area contributed by atoms with Gasteiger partial charge in [0, 0.05) is 6.42 Å². The number of hydrogen-bond acceptors (Lipinski definition) is 2. The molecule has 0 saturated heterocycles. The molecule has 0 bridgehead atoms. The van der Waals surface area contributed by atoms with Crippen LogP contribution in [0.1, 0.15) is 271 Å². The first-order valence-electron chi connectivity index (χ1n) is 23.0. The number of carbonyl (C=O) groups excluding carboxylic acids is 1. The summed E-state index contributed by atoms with van der Waals surface area (Å²) in [5.74, 6) is 0.906. The Labute approximate surface area is 310 Å². The minimum atomic E-state index is 0.0177. The van der Waals surface area contributed by atoms with Gasteiger partial charge in [-0.25, -0.2) is 0 Å². The first-order valence-corrected chi connectivity index (χ1v) is 23.0. The summed E-state index contributed by atoms with van der Waals surface area (Å²) in [4.78, 5) is 11.9. The lowest BCUT2D eigenvalue weighted by Gasteiger charge is -2.06. The highest BCUT2D eigenvalue weighted by Crippen LogP contribution is 2.17. The van der Waals surface area contributed by atoms with Crippen molar-refractivity contribution in [3.8, 4) is 0 Å². The fourth-order valence-electron chi connectivity index (χ4n) is 7.13.